The van der Waals surface area contributed by atoms with Crippen molar-refractivity contribution in [3.05, 3.63) is 72.8 Å². The van der Waals surface area contributed by atoms with Gasteiger partial charge in [-0.1, -0.05) is 108 Å². The summed E-state index contributed by atoms with van der Waals surface area (Å²) in [6.45, 7) is 4.51. The molecular weight excluding hydrogens is 447 g/mol. The van der Waals surface area contributed by atoms with Crippen molar-refractivity contribution in [1.82, 2.24) is 0 Å². The Morgan fingerprint density at radius 1 is 0.636 bits per heavy atom. The predicted octanol–water partition coefficient (Wildman–Crippen LogP) is 9.81. The van der Waals surface area contributed by atoms with Crippen molar-refractivity contribution in [3.63, 3.8) is 0 Å². The van der Waals surface area contributed by atoms with Gasteiger partial charge >= 0.3 is 0 Å². The van der Waals surface area contributed by atoms with Crippen LogP contribution in [0, 0.1) is 0 Å². The van der Waals surface area contributed by atoms with E-state index in [1.807, 2.05) is 36.4 Å². The molecule has 2 nitrogen and oxygen atoms in total. The van der Waals surface area contributed by atoms with Crippen LogP contribution in [-0.2, 0) is 16.5 Å². The van der Waals surface area contributed by atoms with Crippen LogP contribution in [0.1, 0.15) is 90.9 Å². The summed E-state index contributed by atoms with van der Waals surface area (Å²) in [5.74, 6) is 0. The van der Waals surface area contributed by atoms with Crippen molar-refractivity contribution in [2.24, 2.45) is 9.98 Å². The SMILES string of the molecule is CCCCCCCCCC/C=C/C(=N\c1ccccc1)C(/CCCC)=N/c1ccccc1.[Ni]. The number of para-hydroxylation sites is 2. The van der Waals surface area contributed by atoms with Crippen molar-refractivity contribution >= 4 is 22.8 Å². The van der Waals surface area contributed by atoms with Gasteiger partial charge in [0.05, 0.1) is 22.8 Å². The summed E-state index contributed by atoms with van der Waals surface area (Å²) >= 11 is 0. The number of benzene rings is 2. The fourth-order valence-corrected chi connectivity index (χ4v) is 3.67. The van der Waals surface area contributed by atoms with E-state index in [1.165, 1.54) is 51.4 Å². The van der Waals surface area contributed by atoms with Crippen LogP contribution in [0.3, 0.4) is 0 Å². The first-order valence-corrected chi connectivity index (χ1v) is 12.8. The standard InChI is InChI=1S/C30H42N2.Ni/c1-3-5-7-8-9-10-11-12-13-20-26-30(32-28-23-18-15-19-24-28)29(25-6-4-2)31-27-21-16-14-17-22-27;/h14-24,26H,3-13,25H2,1-2H3;/b26-20+,31-29+,32-30+;. The molecule has 0 heterocycles. The molecule has 2 rings (SSSR count). The van der Waals surface area contributed by atoms with Gasteiger partial charge in [-0.15, -0.1) is 0 Å². The second kappa shape index (κ2) is 19.5. The second-order valence-electron chi connectivity index (χ2n) is 8.50. The molecule has 0 amide bonds. The fraction of sp³-hybridized carbons (Fsp3) is 0.467. The molecule has 0 aliphatic carbocycles. The third kappa shape index (κ3) is 13.3. The minimum Gasteiger partial charge on any atom is -0.251 e. The smallest absolute Gasteiger partial charge is 0.0848 e. The van der Waals surface area contributed by atoms with Crippen LogP contribution in [0.15, 0.2) is 82.8 Å². The maximum absolute atomic E-state index is 4.99. The van der Waals surface area contributed by atoms with E-state index in [0.29, 0.717) is 0 Å². The van der Waals surface area contributed by atoms with Crippen LogP contribution < -0.4 is 0 Å². The largest absolute Gasteiger partial charge is 0.251 e. The third-order valence-electron chi connectivity index (χ3n) is 5.59. The quantitative estimate of drug-likeness (QED) is 0.127. The Morgan fingerprint density at radius 2 is 1.15 bits per heavy atom. The van der Waals surface area contributed by atoms with Gasteiger partial charge in [-0.05, 0) is 56.0 Å². The van der Waals surface area contributed by atoms with Crippen LogP contribution in [0.5, 0.6) is 0 Å². The van der Waals surface area contributed by atoms with Crippen LogP contribution in [0.4, 0.5) is 11.4 Å². The van der Waals surface area contributed by atoms with Crippen LogP contribution >= 0.6 is 0 Å². The summed E-state index contributed by atoms with van der Waals surface area (Å²) < 4.78 is 0. The topological polar surface area (TPSA) is 24.7 Å². The molecule has 0 aliphatic rings. The Kier molecular flexibility index (Phi) is 17.1. The zero-order valence-corrected chi connectivity index (χ0v) is 21.6. The van der Waals surface area contributed by atoms with Crippen LogP contribution in [0.25, 0.3) is 0 Å². The Labute approximate surface area is 212 Å². The van der Waals surface area contributed by atoms with Crippen LogP contribution in [-0.4, -0.2) is 11.4 Å². The normalized spacial score (nSPS) is 12.2. The molecule has 0 aliphatic heterocycles. The number of allylic oxidation sites excluding steroid dienone is 2. The zero-order valence-electron chi connectivity index (χ0n) is 20.6. The average molecular weight is 489 g/mol. The zero-order chi connectivity index (χ0) is 22.7. The molecule has 0 N–H and O–H groups in total. The summed E-state index contributed by atoms with van der Waals surface area (Å²) in [6, 6.07) is 20.5. The minimum absolute atomic E-state index is 0. The Hall–Kier alpha value is -1.99. The van der Waals surface area contributed by atoms with E-state index in [9.17, 15) is 0 Å². The number of unbranched alkanes of at least 4 members (excludes halogenated alkanes) is 9. The van der Waals surface area contributed by atoms with E-state index in [2.05, 4.69) is 50.3 Å². The predicted molar refractivity (Wildman–Crippen MR) is 143 cm³/mol. The van der Waals surface area contributed by atoms with Crippen molar-refractivity contribution < 1.29 is 16.5 Å². The molecule has 33 heavy (non-hydrogen) atoms. The average Bonchev–Trinajstić information content (AvgIpc) is 2.83. The Morgan fingerprint density at radius 3 is 1.73 bits per heavy atom. The molecule has 0 radical (unpaired) electrons. The fourth-order valence-electron chi connectivity index (χ4n) is 3.67. The Balaban J connectivity index is 0.00000544. The maximum Gasteiger partial charge on any atom is 0.0848 e. The number of rotatable bonds is 16. The first-order valence-electron chi connectivity index (χ1n) is 12.8. The number of hydrogen-bond acceptors (Lipinski definition) is 2. The molecule has 0 saturated carbocycles. The van der Waals surface area contributed by atoms with Gasteiger partial charge in [-0.25, -0.2) is 4.99 Å². The number of aliphatic imine (C=N–C) groups is 2. The van der Waals surface area contributed by atoms with Gasteiger partial charge in [0.25, 0.3) is 0 Å². The van der Waals surface area contributed by atoms with Gasteiger partial charge in [0.1, 0.15) is 0 Å². The number of hydrogen-bond donors (Lipinski definition) is 0. The molecule has 3 heteroatoms. The molecule has 0 fully saturated rings. The Bertz CT molecular complexity index is 810. The summed E-state index contributed by atoms with van der Waals surface area (Å²) in [5, 5.41) is 0. The molecule has 182 valence electrons. The second-order valence-corrected chi connectivity index (χ2v) is 8.50. The van der Waals surface area contributed by atoms with Crippen molar-refractivity contribution in [3.8, 4) is 0 Å². The number of nitrogens with zero attached hydrogens (tertiary/aromatic N) is 2. The first kappa shape index (κ1) is 29.0. The summed E-state index contributed by atoms with van der Waals surface area (Å²) in [6.07, 6.45) is 19.6. The summed E-state index contributed by atoms with van der Waals surface area (Å²) in [4.78, 5) is 9.97. The molecule has 2 aromatic rings. The maximum atomic E-state index is 4.99. The molecule has 0 unspecified atom stereocenters. The monoisotopic (exact) mass is 488 g/mol. The molecule has 0 bridgehead atoms. The molecular formula is C30H42N2Ni. The van der Waals surface area contributed by atoms with E-state index < -0.39 is 0 Å². The van der Waals surface area contributed by atoms with E-state index >= 15 is 0 Å². The molecule has 0 atom stereocenters. The van der Waals surface area contributed by atoms with Gasteiger partial charge < -0.3 is 0 Å². The summed E-state index contributed by atoms with van der Waals surface area (Å²) in [7, 11) is 0. The van der Waals surface area contributed by atoms with E-state index in [1.54, 1.807) is 0 Å². The van der Waals surface area contributed by atoms with Gasteiger partial charge in [-0.2, -0.15) is 0 Å². The minimum atomic E-state index is 0. The van der Waals surface area contributed by atoms with Crippen molar-refractivity contribution in [2.45, 2.75) is 90.9 Å². The molecule has 0 spiro atoms. The van der Waals surface area contributed by atoms with Crippen molar-refractivity contribution in [1.29, 1.82) is 0 Å². The van der Waals surface area contributed by atoms with Crippen LogP contribution in [0.2, 0.25) is 0 Å². The molecule has 0 aromatic heterocycles. The van der Waals surface area contributed by atoms with E-state index in [0.717, 1.165) is 48.5 Å². The molecule has 0 saturated heterocycles. The van der Waals surface area contributed by atoms with Gasteiger partial charge in [0.15, 0.2) is 0 Å². The van der Waals surface area contributed by atoms with Gasteiger partial charge in [0.2, 0.25) is 0 Å². The third-order valence-corrected chi connectivity index (χ3v) is 5.59. The first-order chi connectivity index (χ1) is 15.8. The van der Waals surface area contributed by atoms with Gasteiger partial charge in [-0.3, -0.25) is 4.99 Å². The molecule has 2 aromatic carbocycles. The van der Waals surface area contributed by atoms with Crippen molar-refractivity contribution in [2.75, 3.05) is 0 Å². The van der Waals surface area contributed by atoms with E-state index in [4.69, 9.17) is 9.98 Å². The summed E-state index contributed by atoms with van der Waals surface area (Å²) in [5.41, 5.74) is 4.05. The van der Waals surface area contributed by atoms with Gasteiger partial charge in [0, 0.05) is 16.5 Å². The van der Waals surface area contributed by atoms with E-state index in [-0.39, 0.29) is 16.5 Å².